The van der Waals surface area contributed by atoms with Crippen molar-refractivity contribution < 1.29 is 27.6 Å². The number of carbonyl (C=O) groups is 2. The number of nitrogens with zero attached hydrogens (tertiary/aromatic N) is 2. The topological polar surface area (TPSA) is 93.2 Å². The van der Waals surface area contributed by atoms with Crippen LogP contribution in [0.4, 0.5) is 0 Å². The minimum Gasteiger partial charge on any atom is -0.449 e. The SMILES string of the molecule is CON(C)S(=O)(=O)c1ccc(C(=O)O[C@@H](C)C(=O)N(C)Cc2ccccc2)cc1. The normalized spacial score (nSPS) is 12.4. The van der Waals surface area contributed by atoms with Gasteiger partial charge in [0.2, 0.25) is 0 Å². The predicted molar refractivity (Wildman–Crippen MR) is 106 cm³/mol. The van der Waals surface area contributed by atoms with Crippen LogP contribution in [0.1, 0.15) is 22.8 Å². The Labute approximate surface area is 170 Å². The van der Waals surface area contributed by atoms with Crippen LogP contribution in [0.5, 0.6) is 0 Å². The largest absolute Gasteiger partial charge is 0.449 e. The number of likely N-dealkylation sites (N-methyl/N-ethyl adjacent to an activating group) is 1. The molecule has 0 fully saturated rings. The Morgan fingerprint density at radius 3 is 2.14 bits per heavy atom. The van der Waals surface area contributed by atoms with Crippen LogP contribution >= 0.6 is 0 Å². The summed E-state index contributed by atoms with van der Waals surface area (Å²) >= 11 is 0. The summed E-state index contributed by atoms with van der Waals surface area (Å²) in [7, 11) is 0.313. The lowest BCUT2D eigenvalue weighted by molar-refractivity contribution is -0.139. The molecule has 0 saturated heterocycles. The number of esters is 1. The number of hydrogen-bond acceptors (Lipinski definition) is 6. The van der Waals surface area contributed by atoms with Crippen molar-refractivity contribution in [1.29, 1.82) is 0 Å². The highest BCUT2D eigenvalue weighted by molar-refractivity contribution is 7.89. The molecule has 29 heavy (non-hydrogen) atoms. The third kappa shape index (κ3) is 5.63. The first-order valence-electron chi connectivity index (χ1n) is 8.79. The molecule has 0 radical (unpaired) electrons. The maximum Gasteiger partial charge on any atom is 0.338 e. The second-order valence-electron chi connectivity index (χ2n) is 6.35. The maximum absolute atomic E-state index is 12.5. The van der Waals surface area contributed by atoms with Crippen molar-refractivity contribution in [1.82, 2.24) is 9.37 Å². The molecule has 8 nitrogen and oxygen atoms in total. The van der Waals surface area contributed by atoms with Crippen molar-refractivity contribution in [2.45, 2.75) is 24.5 Å². The number of hydroxylamine groups is 1. The smallest absolute Gasteiger partial charge is 0.338 e. The quantitative estimate of drug-likeness (QED) is 0.479. The summed E-state index contributed by atoms with van der Waals surface area (Å²) in [5.41, 5.74) is 1.09. The summed E-state index contributed by atoms with van der Waals surface area (Å²) in [4.78, 5) is 30.9. The van der Waals surface area contributed by atoms with E-state index in [0.717, 1.165) is 5.56 Å². The molecule has 156 valence electrons. The molecule has 0 aromatic heterocycles. The van der Waals surface area contributed by atoms with Crippen LogP contribution in [-0.2, 0) is 30.9 Å². The molecule has 9 heteroatoms. The van der Waals surface area contributed by atoms with Gasteiger partial charge in [-0.05, 0) is 36.8 Å². The Morgan fingerprint density at radius 1 is 1.00 bits per heavy atom. The van der Waals surface area contributed by atoms with E-state index in [4.69, 9.17) is 9.57 Å². The first-order valence-corrected chi connectivity index (χ1v) is 10.2. The number of rotatable bonds is 8. The van der Waals surface area contributed by atoms with Gasteiger partial charge in [0.15, 0.2) is 6.10 Å². The molecule has 0 spiro atoms. The Balaban J connectivity index is 2.01. The lowest BCUT2D eigenvalue weighted by Gasteiger charge is -2.21. The van der Waals surface area contributed by atoms with Crippen molar-refractivity contribution in [3.05, 3.63) is 65.7 Å². The second-order valence-corrected chi connectivity index (χ2v) is 8.28. The standard InChI is InChI=1S/C20H24N2O6S/c1-15(19(23)21(2)14-16-8-6-5-7-9-16)28-20(24)17-10-12-18(13-11-17)29(25,26)22(3)27-4/h5-13,15H,14H2,1-4H3/t15-/m0/s1. The van der Waals surface area contributed by atoms with Crippen molar-refractivity contribution in [2.24, 2.45) is 0 Å². The average molecular weight is 420 g/mol. The fourth-order valence-corrected chi connectivity index (χ4v) is 3.51. The van der Waals surface area contributed by atoms with E-state index in [1.165, 1.54) is 50.2 Å². The van der Waals surface area contributed by atoms with Gasteiger partial charge in [-0.1, -0.05) is 34.8 Å². The Morgan fingerprint density at radius 2 is 1.59 bits per heavy atom. The molecule has 2 rings (SSSR count). The summed E-state index contributed by atoms with van der Waals surface area (Å²) in [6, 6.07) is 14.6. The zero-order valence-corrected chi connectivity index (χ0v) is 17.5. The molecular formula is C20H24N2O6S. The molecule has 0 bridgehead atoms. The number of carbonyl (C=O) groups excluding carboxylic acids is 2. The summed E-state index contributed by atoms with van der Waals surface area (Å²) in [6.45, 7) is 1.88. The third-order valence-electron chi connectivity index (χ3n) is 4.25. The molecule has 0 aliphatic heterocycles. The summed E-state index contributed by atoms with van der Waals surface area (Å²) in [5, 5.41) is 0. The molecule has 2 aromatic carbocycles. The van der Waals surface area contributed by atoms with Crippen molar-refractivity contribution in [3.8, 4) is 0 Å². The predicted octanol–water partition coefficient (Wildman–Crippen LogP) is 2.07. The molecule has 0 aliphatic carbocycles. The van der Waals surface area contributed by atoms with E-state index in [1.54, 1.807) is 7.05 Å². The molecule has 0 unspecified atom stereocenters. The Bertz CT molecular complexity index is 945. The van der Waals surface area contributed by atoms with Gasteiger partial charge < -0.3 is 9.64 Å². The van der Waals surface area contributed by atoms with Crippen LogP contribution in [0.3, 0.4) is 0 Å². The molecular weight excluding hydrogens is 396 g/mol. The van der Waals surface area contributed by atoms with Gasteiger partial charge in [0.1, 0.15) is 0 Å². The van der Waals surface area contributed by atoms with E-state index in [0.29, 0.717) is 11.0 Å². The van der Waals surface area contributed by atoms with Crippen LogP contribution in [0.15, 0.2) is 59.5 Å². The fraction of sp³-hybridized carbons (Fsp3) is 0.300. The molecule has 0 heterocycles. The number of amides is 1. The molecule has 2 aromatic rings. The highest BCUT2D eigenvalue weighted by Gasteiger charge is 2.24. The molecule has 1 atom stereocenters. The summed E-state index contributed by atoms with van der Waals surface area (Å²) < 4.78 is 30.3. The first kappa shape index (κ1) is 22.5. The summed E-state index contributed by atoms with van der Waals surface area (Å²) in [5.74, 6) is -1.06. The zero-order chi connectivity index (χ0) is 21.6. The lowest BCUT2D eigenvalue weighted by atomic mass is 10.2. The first-order chi connectivity index (χ1) is 13.7. The molecule has 0 aliphatic rings. The van der Waals surface area contributed by atoms with Crippen molar-refractivity contribution in [3.63, 3.8) is 0 Å². The van der Waals surface area contributed by atoms with Gasteiger partial charge in [-0.15, -0.1) is 0 Å². The summed E-state index contributed by atoms with van der Waals surface area (Å²) in [6.07, 6.45) is -0.987. The number of ether oxygens (including phenoxy) is 1. The van der Waals surface area contributed by atoms with Gasteiger partial charge in [-0.3, -0.25) is 9.63 Å². The minimum atomic E-state index is -3.81. The van der Waals surface area contributed by atoms with Gasteiger partial charge >= 0.3 is 5.97 Å². The average Bonchev–Trinajstić information content (AvgIpc) is 2.73. The van der Waals surface area contributed by atoms with E-state index in [9.17, 15) is 18.0 Å². The van der Waals surface area contributed by atoms with Crippen LogP contribution < -0.4 is 0 Å². The zero-order valence-electron chi connectivity index (χ0n) is 16.7. The van der Waals surface area contributed by atoms with Gasteiger partial charge in [0, 0.05) is 20.6 Å². The van der Waals surface area contributed by atoms with Gasteiger partial charge in [-0.25, -0.2) is 13.2 Å². The van der Waals surface area contributed by atoms with Gasteiger partial charge in [-0.2, -0.15) is 0 Å². The highest BCUT2D eigenvalue weighted by atomic mass is 32.2. The van der Waals surface area contributed by atoms with Crippen molar-refractivity contribution >= 4 is 21.9 Å². The van der Waals surface area contributed by atoms with Crippen molar-refractivity contribution in [2.75, 3.05) is 21.2 Å². The highest BCUT2D eigenvalue weighted by Crippen LogP contribution is 2.16. The van der Waals surface area contributed by atoms with E-state index in [2.05, 4.69) is 0 Å². The minimum absolute atomic E-state index is 0.0369. The van der Waals surface area contributed by atoms with E-state index < -0.39 is 22.1 Å². The van der Waals surface area contributed by atoms with Crippen LogP contribution in [0.2, 0.25) is 0 Å². The molecule has 1 amide bonds. The number of sulfonamides is 1. The van der Waals surface area contributed by atoms with E-state index >= 15 is 0 Å². The van der Waals surface area contributed by atoms with E-state index in [-0.39, 0.29) is 16.4 Å². The number of hydrogen-bond donors (Lipinski definition) is 0. The Hall–Kier alpha value is -2.75. The van der Waals surface area contributed by atoms with Crippen LogP contribution in [0.25, 0.3) is 0 Å². The van der Waals surface area contributed by atoms with Gasteiger partial charge in [0.25, 0.3) is 15.9 Å². The van der Waals surface area contributed by atoms with Crippen LogP contribution in [0, 0.1) is 0 Å². The van der Waals surface area contributed by atoms with Crippen LogP contribution in [-0.4, -0.2) is 57.0 Å². The van der Waals surface area contributed by atoms with Gasteiger partial charge in [0.05, 0.1) is 17.6 Å². The fourth-order valence-electron chi connectivity index (χ4n) is 2.53. The molecule has 0 N–H and O–H groups in total. The number of benzene rings is 2. The second kappa shape index (κ2) is 9.64. The Kier molecular flexibility index (Phi) is 7.49. The third-order valence-corrected chi connectivity index (χ3v) is 5.95. The molecule has 0 saturated carbocycles. The monoisotopic (exact) mass is 420 g/mol. The lowest BCUT2D eigenvalue weighted by Crippen LogP contribution is -2.37. The maximum atomic E-state index is 12.5. The van der Waals surface area contributed by atoms with E-state index in [1.807, 2.05) is 30.3 Å².